The van der Waals surface area contributed by atoms with Gasteiger partial charge in [0.1, 0.15) is 18.0 Å². The Morgan fingerprint density at radius 1 is 1.20 bits per heavy atom. The third kappa shape index (κ3) is 5.13. The van der Waals surface area contributed by atoms with Crippen molar-refractivity contribution < 1.29 is 0 Å². The molecule has 0 unspecified atom stereocenters. The monoisotopic (exact) mass is 340 g/mol. The number of pyridine rings is 1. The molecule has 25 heavy (non-hydrogen) atoms. The maximum absolute atomic E-state index is 4.59. The lowest BCUT2D eigenvalue weighted by Crippen LogP contribution is -2.40. The topological polar surface area (TPSA) is 57.2 Å². The van der Waals surface area contributed by atoms with Crippen LogP contribution < -0.4 is 10.2 Å². The number of likely N-dealkylation sites (tertiary alicyclic amines) is 1. The van der Waals surface area contributed by atoms with Gasteiger partial charge < -0.3 is 15.1 Å². The standard InChI is InChI=1S/C19H28N6/c1-15-5-4-6-16(22-15)7-10-25-11-8-17(9-12-25)23-18-13-19(24(2)3)21-14-20-18/h4-6,13-14,17H,7-12H2,1-3H3,(H,20,21,23). The van der Waals surface area contributed by atoms with E-state index in [0.717, 1.165) is 56.2 Å². The predicted molar refractivity (Wildman–Crippen MR) is 102 cm³/mol. The lowest BCUT2D eigenvalue weighted by molar-refractivity contribution is 0.221. The number of nitrogens with zero attached hydrogens (tertiary/aromatic N) is 5. The van der Waals surface area contributed by atoms with Gasteiger partial charge in [-0.25, -0.2) is 9.97 Å². The van der Waals surface area contributed by atoms with E-state index in [-0.39, 0.29) is 0 Å². The van der Waals surface area contributed by atoms with Crippen LogP contribution in [0.4, 0.5) is 11.6 Å². The van der Waals surface area contributed by atoms with Crippen molar-refractivity contribution in [3.63, 3.8) is 0 Å². The summed E-state index contributed by atoms with van der Waals surface area (Å²) in [4.78, 5) is 17.7. The van der Waals surface area contributed by atoms with Crippen LogP contribution in [0.1, 0.15) is 24.2 Å². The zero-order valence-corrected chi connectivity index (χ0v) is 15.4. The highest BCUT2D eigenvalue weighted by molar-refractivity contribution is 5.47. The summed E-state index contributed by atoms with van der Waals surface area (Å²) >= 11 is 0. The summed E-state index contributed by atoms with van der Waals surface area (Å²) < 4.78 is 0. The van der Waals surface area contributed by atoms with Crippen LogP contribution >= 0.6 is 0 Å². The van der Waals surface area contributed by atoms with Crippen LogP contribution in [0.15, 0.2) is 30.6 Å². The Hall–Kier alpha value is -2.21. The van der Waals surface area contributed by atoms with Gasteiger partial charge in [0.05, 0.1) is 0 Å². The zero-order chi connectivity index (χ0) is 17.6. The highest BCUT2D eigenvalue weighted by Gasteiger charge is 2.19. The number of hydrogen-bond donors (Lipinski definition) is 1. The highest BCUT2D eigenvalue weighted by atomic mass is 15.2. The smallest absolute Gasteiger partial charge is 0.133 e. The molecule has 0 saturated carbocycles. The number of aryl methyl sites for hydroxylation is 1. The van der Waals surface area contributed by atoms with E-state index in [1.165, 1.54) is 5.69 Å². The third-order valence-electron chi connectivity index (χ3n) is 4.68. The van der Waals surface area contributed by atoms with Crippen LogP contribution in [0.5, 0.6) is 0 Å². The van der Waals surface area contributed by atoms with E-state index >= 15 is 0 Å². The molecule has 1 aliphatic heterocycles. The molecule has 0 amide bonds. The summed E-state index contributed by atoms with van der Waals surface area (Å²) in [5.41, 5.74) is 2.29. The molecule has 1 saturated heterocycles. The van der Waals surface area contributed by atoms with Crippen LogP contribution in [0.25, 0.3) is 0 Å². The molecule has 1 N–H and O–H groups in total. The fourth-order valence-electron chi connectivity index (χ4n) is 3.19. The van der Waals surface area contributed by atoms with Gasteiger partial charge >= 0.3 is 0 Å². The summed E-state index contributed by atoms with van der Waals surface area (Å²) in [5, 5.41) is 3.56. The number of piperidine rings is 1. The lowest BCUT2D eigenvalue weighted by atomic mass is 10.0. The van der Waals surface area contributed by atoms with E-state index in [1.807, 2.05) is 25.1 Å². The van der Waals surface area contributed by atoms with Gasteiger partial charge in [0, 0.05) is 63.6 Å². The molecule has 0 aromatic carbocycles. The molecule has 0 atom stereocenters. The van der Waals surface area contributed by atoms with Crippen LogP contribution in [0.3, 0.4) is 0 Å². The average Bonchev–Trinajstić information content (AvgIpc) is 2.61. The van der Waals surface area contributed by atoms with Gasteiger partial charge in [-0.1, -0.05) is 6.07 Å². The first-order valence-electron chi connectivity index (χ1n) is 9.01. The Kier molecular flexibility index (Phi) is 5.81. The molecule has 1 fully saturated rings. The van der Waals surface area contributed by atoms with Gasteiger partial charge in [-0.2, -0.15) is 0 Å². The van der Waals surface area contributed by atoms with E-state index in [1.54, 1.807) is 6.33 Å². The Labute approximate surface area is 150 Å². The van der Waals surface area contributed by atoms with Crippen LogP contribution in [-0.4, -0.2) is 59.6 Å². The molecule has 3 heterocycles. The van der Waals surface area contributed by atoms with E-state index in [4.69, 9.17) is 0 Å². The van der Waals surface area contributed by atoms with Crippen molar-refractivity contribution in [3.8, 4) is 0 Å². The van der Waals surface area contributed by atoms with E-state index in [0.29, 0.717) is 6.04 Å². The minimum atomic E-state index is 0.484. The number of aromatic nitrogens is 3. The fourth-order valence-corrected chi connectivity index (χ4v) is 3.19. The minimum absolute atomic E-state index is 0.484. The Bertz CT molecular complexity index is 679. The van der Waals surface area contributed by atoms with Crippen LogP contribution in [-0.2, 0) is 6.42 Å². The molecule has 0 radical (unpaired) electrons. The third-order valence-corrected chi connectivity index (χ3v) is 4.68. The van der Waals surface area contributed by atoms with Crippen molar-refractivity contribution in [3.05, 3.63) is 42.0 Å². The summed E-state index contributed by atoms with van der Waals surface area (Å²) in [6.45, 7) is 5.38. The van der Waals surface area contributed by atoms with Crippen LogP contribution in [0, 0.1) is 6.92 Å². The Balaban J connectivity index is 1.45. The van der Waals surface area contributed by atoms with Gasteiger partial charge in [-0.3, -0.25) is 4.98 Å². The number of anilines is 2. The SMILES string of the molecule is Cc1cccc(CCN2CCC(Nc3cc(N(C)C)ncn3)CC2)n1. The quantitative estimate of drug-likeness (QED) is 0.871. The molecule has 0 aliphatic carbocycles. The normalized spacial score (nSPS) is 16.0. The molecule has 0 bridgehead atoms. The molecule has 6 heteroatoms. The largest absolute Gasteiger partial charge is 0.367 e. The van der Waals surface area contributed by atoms with Gasteiger partial charge in [0.2, 0.25) is 0 Å². The van der Waals surface area contributed by atoms with E-state index in [2.05, 4.69) is 50.3 Å². The van der Waals surface area contributed by atoms with Crippen LogP contribution in [0.2, 0.25) is 0 Å². The number of nitrogens with one attached hydrogen (secondary N) is 1. The summed E-state index contributed by atoms with van der Waals surface area (Å²) in [6, 6.07) is 8.76. The van der Waals surface area contributed by atoms with Gasteiger partial charge in [-0.15, -0.1) is 0 Å². The number of hydrogen-bond acceptors (Lipinski definition) is 6. The van der Waals surface area contributed by atoms with Gasteiger partial charge in [0.15, 0.2) is 0 Å². The van der Waals surface area contributed by atoms with Gasteiger partial charge in [0.25, 0.3) is 0 Å². The summed E-state index contributed by atoms with van der Waals surface area (Å²) in [5.74, 6) is 1.85. The number of rotatable bonds is 6. The van der Waals surface area contributed by atoms with Gasteiger partial charge in [-0.05, 0) is 31.9 Å². The first-order chi connectivity index (χ1) is 12.1. The average molecular weight is 340 g/mol. The zero-order valence-electron chi connectivity index (χ0n) is 15.4. The second-order valence-electron chi connectivity index (χ2n) is 6.94. The van der Waals surface area contributed by atoms with Crippen molar-refractivity contribution in [1.29, 1.82) is 0 Å². The lowest BCUT2D eigenvalue weighted by Gasteiger charge is -2.32. The summed E-state index contributed by atoms with van der Waals surface area (Å²) in [6.07, 6.45) is 4.94. The highest BCUT2D eigenvalue weighted by Crippen LogP contribution is 2.17. The van der Waals surface area contributed by atoms with Crippen molar-refractivity contribution in [2.24, 2.45) is 0 Å². The molecule has 6 nitrogen and oxygen atoms in total. The molecule has 2 aromatic rings. The Morgan fingerprint density at radius 3 is 2.72 bits per heavy atom. The molecule has 3 rings (SSSR count). The molecule has 2 aromatic heterocycles. The first kappa shape index (κ1) is 17.6. The molecule has 134 valence electrons. The van der Waals surface area contributed by atoms with E-state index < -0.39 is 0 Å². The molecular weight excluding hydrogens is 312 g/mol. The summed E-state index contributed by atoms with van der Waals surface area (Å²) in [7, 11) is 3.99. The maximum Gasteiger partial charge on any atom is 0.133 e. The maximum atomic E-state index is 4.59. The predicted octanol–water partition coefficient (Wildman–Crippen LogP) is 2.37. The van der Waals surface area contributed by atoms with Crippen molar-refractivity contribution in [1.82, 2.24) is 19.9 Å². The van der Waals surface area contributed by atoms with Crippen molar-refractivity contribution in [2.45, 2.75) is 32.2 Å². The second-order valence-corrected chi connectivity index (χ2v) is 6.94. The molecule has 1 aliphatic rings. The Morgan fingerprint density at radius 2 is 2.00 bits per heavy atom. The van der Waals surface area contributed by atoms with Crippen molar-refractivity contribution in [2.75, 3.05) is 43.9 Å². The minimum Gasteiger partial charge on any atom is -0.367 e. The van der Waals surface area contributed by atoms with Crippen molar-refractivity contribution >= 4 is 11.6 Å². The first-order valence-corrected chi connectivity index (χ1v) is 9.01. The fraction of sp³-hybridized carbons (Fsp3) is 0.526. The van der Waals surface area contributed by atoms with E-state index in [9.17, 15) is 0 Å². The molecular formula is C19H28N6. The molecule has 0 spiro atoms. The second kappa shape index (κ2) is 8.25.